The van der Waals surface area contributed by atoms with E-state index in [-0.39, 0.29) is 0 Å². The molecule has 0 radical (unpaired) electrons. The van der Waals surface area contributed by atoms with Gasteiger partial charge in [-0.05, 0) is 55.8 Å². The van der Waals surface area contributed by atoms with E-state index in [0.29, 0.717) is 11.8 Å². The van der Waals surface area contributed by atoms with Crippen molar-refractivity contribution in [1.29, 1.82) is 0 Å². The van der Waals surface area contributed by atoms with E-state index in [1.165, 1.54) is 28.5 Å². The molecule has 0 saturated heterocycles. The fraction of sp³-hybridized carbons (Fsp3) is 0.381. The molecule has 0 N–H and O–H groups in total. The van der Waals surface area contributed by atoms with Crippen LogP contribution in [0.1, 0.15) is 40.8 Å². The molecule has 0 spiro atoms. The van der Waals surface area contributed by atoms with Crippen molar-refractivity contribution in [3.05, 3.63) is 64.1 Å². The first kappa shape index (κ1) is 15.4. The predicted octanol–water partition coefficient (Wildman–Crippen LogP) is 4.71. The lowest BCUT2D eigenvalue weighted by atomic mass is 9.81. The minimum atomic E-state index is 0.524. The van der Waals surface area contributed by atoms with Crippen molar-refractivity contribution < 1.29 is 0 Å². The van der Waals surface area contributed by atoms with Gasteiger partial charge < -0.3 is 9.47 Å². The quantitative estimate of drug-likeness (QED) is 0.632. The SMILES string of the molecule is Cc1ccc(C2CC3CN(C)Cc4c3n(c3ccc(Cl)cc43)C2)cn1. The number of hydrogen-bond acceptors (Lipinski definition) is 2. The maximum Gasteiger partial charge on any atom is 0.0487 e. The number of benzene rings is 1. The molecule has 4 heteroatoms. The molecule has 25 heavy (non-hydrogen) atoms. The lowest BCUT2D eigenvalue weighted by molar-refractivity contribution is 0.244. The summed E-state index contributed by atoms with van der Waals surface area (Å²) in [6, 6.07) is 10.8. The van der Waals surface area contributed by atoms with Crippen molar-refractivity contribution in [1.82, 2.24) is 14.5 Å². The Kier molecular flexibility index (Phi) is 3.44. The van der Waals surface area contributed by atoms with Gasteiger partial charge in [-0.3, -0.25) is 4.98 Å². The second-order valence-electron chi connectivity index (χ2n) is 7.70. The fourth-order valence-electron chi connectivity index (χ4n) is 4.83. The van der Waals surface area contributed by atoms with E-state index in [4.69, 9.17) is 11.6 Å². The van der Waals surface area contributed by atoms with Gasteiger partial charge in [0.25, 0.3) is 0 Å². The average Bonchev–Trinajstić information content (AvgIpc) is 2.89. The number of hydrogen-bond donors (Lipinski definition) is 0. The van der Waals surface area contributed by atoms with Crippen LogP contribution in [0.15, 0.2) is 36.5 Å². The van der Waals surface area contributed by atoms with Crippen LogP contribution in [0.5, 0.6) is 0 Å². The maximum absolute atomic E-state index is 6.31. The second-order valence-corrected chi connectivity index (χ2v) is 8.13. The minimum Gasteiger partial charge on any atom is -0.343 e. The molecular weight excluding hydrogens is 330 g/mol. The molecular formula is C21H22ClN3. The standard InChI is InChI=1S/C21H22ClN3/c1-13-3-4-14(9-23-13)15-7-16-10-24(2)12-19-18-8-17(22)5-6-20(18)25(11-15)21(16)19/h3-6,8-9,15-16H,7,10-12H2,1-2H3. The molecule has 0 aliphatic carbocycles. The van der Waals surface area contributed by atoms with Crippen molar-refractivity contribution in [2.45, 2.75) is 38.3 Å². The highest BCUT2D eigenvalue weighted by Gasteiger charge is 2.36. The second kappa shape index (κ2) is 5.58. The Hall–Kier alpha value is -1.84. The summed E-state index contributed by atoms with van der Waals surface area (Å²) in [5.41, 5.74) is 6.81. The van der Waals surface area contributed by atoms with E-state index in [1.807, 2.05) is 13.0 Å². The molecule has 128 valence electrons. The molecule has 1 aromatic carbocycles. The average molecular weight is 352 g/mol. The largest absolute Gasteiger partial charge is 0.343 e. The number of pyridine rings is 1. The van der Waals surface area contributed by atoms with Crippen LogP contribution in [-0.4, -0.2) is 28.0 Å². The van der Waals surface area contributed by atoms with Gasteiger partial charge in [0.2, 0.25) is 0 Å². The topological polar surface area (TPSA) is 21.1 Å². The van der Waals surface area contributed by atoms with Gasteiger partial charge in [-0.2, -0.15) is 0 Å². The molecule has 3 nitrogen and oxygen atoms in total. The summed E-state index contributed by atoms with van der Waals surface area (Å²) < 4.78 is 2.56. The van der Waals surface area contributed by atoms with Crippen LogP contribution in [0.2, 0.25) is 5.02 Å². The number of aromatic nitrogens is 2. The van der Waals surface area contributed by atoms with Gasteiger partial charge in [0.15, 0.2) is 0 Å². The summed E-state index contributed by atoms with van der Waals surface area (Å²) in [7, 11) is 2.23. The molecule has 0 saturated carbocycles. The third-order valence-electron chi connectivity index (χ3n) is 5.90. The first-order chi connectivity index (χ1) is 12.1. The van der Waals surface area contributed by atoms with Gasteiger partial charge in [-0.25, -0.2) is 0 Å². The third-order valence-corrected chi connectivity index (χ3v) is 6.13. The zero-order valence-corrected chi connectivity index (χ0v) is 15.4. The molecule has 3 aromatic rings. The monoisotopic (exact) mass is 351 g/mol. The molecule has 2 aliphatic rings. The highest BCUT2D eigenvalue weighted by Crippen LogP contribution is 2.45. The molecule has 5 rings (SSSR count). The van der Waals surface area contributed by atoms with Gasteiger partial charge in [0, 0.05) is 65.0 Å². The van der Waals surface area contributed by atoms with Crippen molar-refractivity contribution in [2.75, 3.05) is 13.6 Å². The van der Waals surface area contributed by atoms with Gasteiger partial charge in [0.1, 0.15) is 0 Å². The maximum atomic E-state index is 6.31. The zero-order valence-electron chi connectivity index (χ0n) is 14.7. The summed E-state index contributed by atoms with van der Waals surface area (Å²) in [5, 5.41) is 2.16. The molecule has 0 bridgehead atoms. The van der Waals surface area contributed by atoms with Crippen LogP contribution in [-0.2, 0) is 13.1 Å². The normalized spacial score (nSPS) is 23.0. The molecule has 0 fully saturated rings. The first-order valence-electron chi connectivity index (χ1n) is 9.02. The number of halogens is 1. The number of fused-ring (bicyclic) bond motifs is 3. The smallest absolute Gasteiger partial charge is 0.0487 e. The van der Waals surface area contributed by atoms with E-state index >= 15 is 0 Å². The van der Waals surface area contributed by atoms with E-state index in [2.05, 4.69) is 52.0 Å². The summed E-state index contributed by atoms with van der Waals surface area (Å²) in [6.45, 7) is 5.24. The van der Waals surface area contributed by atoms with Crippen LogP contribution in [0.3, 0.4) is 0 Å². The van der Waals surface area contributed by atoms with Crippen LogP contribution in [0.25, 0.3) is 10.9 Å². The van der Waals surface area contributed by atoms with Crippen LogP contribution in [0.4, 0.5) is 0 Å². The summed E-state index contributed by atoms with van der Waals surface area (Å²) in [6.07, 6.45) is 3.27. The number of likely N-dealkylation sites (N-methyl/N-ethyl adjacent to an activating group) is 1. The fourth-order valence-corrected chi connectivity index (χ4v) is 5.00. The Balaban J connectivity index is 1.68. The third kappa shape index (κ3) is 2.41. The number of rotatable bonds is 1. The predicted molar refractivity (Wildman–Crippen MR) is 102 cm³/mol. The summed E-state index contributed by atoms with van der Waals surface area (Å²) >= 11 is 6.31. The summed E-state index contributed by atoms with van der Waals surface area (Å²) in [5.74, 6) is 1.11. The number of nitrogens with zero attached hydrogens (tertiary/aromatic N) is 3. The summed E-state index contributed by atoms with van der Waals surface area (Å²) in [4.78, 5) is 6.98. The zero-order chi connectivity index (χ0) is 17.1. The van der Waals surface area contributed by atoms with Crippen molar-refractivity contribution >= 4 is 22.5 Å². The highest BCUT2D eigenvalue weighted by atomic mass is 35.5. The minimum absolute atomic E-state index is 0.524. The first-order valence-corrected chi connectivity index (χ1v) is 9.39. The Morgan fingerprint density at radius 2 is 2.00 bits per heavy atom. The lowest BCUT2D eigenvalue weighted by Crippen LogP contribution is -2.35. The molecule has 4 heterocycles. The van der Waals surface area contributed by atoms with Crippen LogP contribution >= 0.6 is 11.6 Å². The van der Waals surface area contributed by atoms with Gasteiger partial charge >= 0.3 is 0 Å². The Morgan fingerprint density at radius 3 is 2.80 bits per heavy atom. The molecule has 2 unspecified atom stereocenters. The molecule has 2 aromatic heterocycles. The van der Waals surface area contributed by atoms with E-state index in [0.717, 1.165) is 30.4 Å². The molecule has 2 atom stereocenters. The van der Waals surface area contributed by atoms with E-state index in [9.17, 15) is 0 Å². The van der Waals surface area contributed by atoms with Crippen molar-refractivity contribution in [3.8, 4) is 0 Å². The Labute approximate surface area is 153 Å². The Morgan fingerprint density at radius 1 is 1.12 bits per heavy atom. The van der Waals surface area contributed by atoms with E-state index < -0.39 is 0 Å². The Bertz CT molecular complexity index is 957. The van der Waals surface area contributed by atoms with Crippen molar-refractivity contribution in [2.24, 2.45) is 0 Å². The van der Waals surface area contributed by atoms with Gasteiger partial charge in [0.05, 0.1) is 0 Å². The highest BCUT2D eigenvalue weighted by molar-refractivity contribution is 6.31. The van der Waals surface area contributed by atoms with E-state index in [1.54, 1.807) is 5.69 Å². The van der Waals surface area contributed by atoms with Crippen LogP contribution < -0.4 is 0 Å². The number of aryl methyl sites for hydroxylation is 1. The molecule has 2 aliphatic heterocycles. The lowest BCUT2D eigenvalue weighted by Gasteiger charge is -2.38. The molecule has 0 amide bonds. The van der Waals surface area contributed by atoms with Crippen LogP contribution in [0, 0.1) is 6.92 Å². The van der Waals surface area contributed by atoms with Crippen molar-refractivity contribution in [3.63, 3.8) is 0 Å². The van der Waals surface area contributed by atoms with Gasteiger partial charge in [-0.1, -0.05) is 17.7 Å². The van der Waals surface area contributed by atoms with Gasteiger partial charge in [-0.15, -0.1) is 0 Å².